The van der Waals surface area contributed by atoms with Crippen molar-refractivity contribution in [3.05, 3.63) is 55.6 Å². The molecule has 0 aliphatic heterocycles. The maximum atomic E-state index is 11.8. The lowest BCUT2D eigenvalue weighted by molar-refractivity contribution is -0.117. The number of Topliss-reactive ketones (excluding diaryl/α,β-unsaturated/α-hetero) is 1. The third-order valence-electron chi connectivity index (χ3n) is 2.31. The van der Waals surface area contributed by atoms with Crippen LogP contribution in [-0.2, 0) is 17.6 Å². The van der Waals surface area contributed by atoms with Gasteiger partial charge in [-0.3, -0.25) is 4.79 Å². The number of hydrogen-bond acceptors (Lipinski definition) is 2. The Morgan fingerprint density at radius 3 is 2.41 bits per heavy atom. The second-order valence-corrected chi connectivity index (χ2v) is 6.44. The summed E-state index contributed by atoms with van der Waals surface area (Å²) >= 11 is 10.7. The lowest BCUT2D eigenvalue weighted by Crippen LogP contribution is -2.05. The van der Waals surface area contributed by atoms with E-state index in [1.54, 1.807) is 0 Å². The fourth-order valence-corrected chi connectivity index (χ4v) is 2.91. The highest BCUT2D eigenvalue weighted by molar-refractivity contribution is 9.10. The summed E-state index contributed by atoms with van der Waals surface area (Å²) < 4.78 is 1.76. The van der Waals surface area contributed by atoms with Crippen LogP contribution in [0.1, 0.15) is 10.4 Å². The first-order valence-corrected chi connectivity index (χ1v) is 7.12. The van der Waals surface area contributed by atoms with Crippen LogP contribution in [-0.4, -0.2) is 5.78 Å². The molecule has 0 N–H and O–H groups in total. The summed E-state index contributed by atoms with van der Waals surface area (Å²) in [6, 6.07) is 11.6. The van der Waals surface area contributed by atoms with Gasteiger partial charge in [0.15, 0.2) is 0 Å². The molecule has 17 heavy (non-hydrogen) atoms. The largest absolute Gasteiger partial charge is 0.299 e. The van der Waals surface area contributed by atoms with E-state index in [0.717, 1.165) is 19.2 Å². The number of halogens is 2. The zero-order chi connectivity index (χ0) is 12.3. The second kappa shape index (κ2) is 5.80. The SMILES string of the molecule is O=C(Cc1ccc(Br)cc1)Cc1ccc(Cl)s1. The maximum Gasteiger partial charge on any atom is 0.142 e. The molecule has 2 aromatic rings. The Morgan fingerprint density at radius 1 is 1.12 bits per heavy atom. The number of ketones is 1. The molecule has 4 heteroatoms. The van der Waals surface area contributed by atoms with Crippen molar-refractivity contribution in [2.75, 3.05) is 0 Å². The Labute approximate surface area is 118 Å². The zero-order valence-electron chi connectivity index (χ0n) is 8.95. The van der Waals surface area contributed by atoms with Gasteiger partial charge in [-0.1, -0.05) is 39.7 Å². The monoisotopic (exact) mass is 328 g/mol. The topological polar surface area (TPSA) is 17.1 Å². The molecule has 0 saturated carbocycles. The highest BCUT2D eigenvalue weighted by Crippen LogP contribution is 2.22. The average molecular weight is 330 g/mol. The summed E-state index contributed by atoms with van der Waals surface area (Å²) in [4.78, 5) is 12.9. The van der Waals surface area contributed by atoms with Crippen LogP contribution in [0.4, 0.5) is 0 Å². The fraction of sp³-hybridized carbons (Fsp3) is 0.154. The van der Waals surface area contributed by atoms with Crippen LogP contribution in [0.5, 0.6) is 0 Å². The molecule has 0 radical (unpaired) electrons. The maximum absolute atomic E-state index is 11.8. The van der Waals surface area contributed by atoms with E-state index in [9.17, 15) is 4.79 Å². The van der Waals surface area contributed by atoms with Crippen molar-refractivity contribution in [3.8, 4) is 0 Å². The molecule has 0 amide bonds. The summed E-state index contributed by atoms with van der Waals surface area (Å²) in [5.41, 5.74) is 1.04. The van der Waals surface area contributed by atoms with E-state index >= 15 is 0 Å². The zero-order valence-corrected chi connectivity index (χ0v) is 12.1. The van der Waals surface area contributed by atoms with Gasteiger partial charge in [0.1, 0.15) is 5.78 Å². The van der Waals surface area contributed by atoms with Crippen molar-refractivity contribution >= 4 is 44.7 Å². The predicted octanol–water partition coefficient (Wildman–Crippen LogP) is 4.52. The molecule has 1 nitrogen and oxygen atoms in total. The van der Waals surface area contributed by atoms with E-state index < -0.39 is 0 Å². The van der Waals surface area contributed by atoms with Gasteiger partial charge in [0.05, 0.1) is 4.34 Å². The van der Waals surface area contributed by atoms with Gasteiger partial charge < -0.3 is 0 Å². The lowest BCUT2D eigenvalue weighted by Gasteiger charge is -2.00. The average Bonchev–Trinajstić information content (AvgIpc) is 2.67. The minimum atomic E-state index is 0.214. The molecule has 1 aromatic carbocycles. The predicted molar refractivity (Wildman–Crippen MR) is 75.9 cm³/mol. The number of thiophene rings is 1. The Bertz CT molecular complexity index is 518. The van der Waals surface area contributed by atoms with Crippen molar-refractivity contribution in [1.29, 1.82) is 0 Å². The molecule has 0 aliphatic carbocycles. The van der Waals surface area contributed by atoms with Crippen LogP contribution >= 0.6 is 38.9 Å². The first kappa shape index (κ1) is 12.8. The van der Waals surface area contributed by atoms with E-state index in [4.69, 9.17) is 11.6 Å². The molecule has 2 rings (SSSR count). The van der Waals surface area contributed by atoms with Crippen molar-refractivity contribution in [3.63, 3.8) is 0 Å². The van der Waals surface area contributed by atoms with Gasteiger partial charge in [0, 0.05) is 22.2 Å². The molecule has 0 spiro atoms. The number of rotatable bonds is 4. The summed E-state index contributed by atoms with van der Waals surface area (Å²) in [7, 11) is 0. The molecule has 0 unspecified atom stereocenters. The van der Waals surface area contributed by atoms with E-state index in [2.05, 4.69) is 15.9 Å². The van der Waals surface area contributed by atoms with E-state index in [-0.39, 0.29) is 5.78 Å². The van der Waals surface area contributed by atoms with Crippen LogP contribution in [0.25, 0.3) is 0 Å². The minimum absolute atomic E-state index is 0.214. The molecule has 88 valence electrons. The number of carbonyl (C=O) groups is 1. The first-order valence-electron chi connectivity index (χ1n) is 5.14. The van der Waals surface area contributed by atoms with E-state index in [0.29, 0.717) is 12.8 Å². The van der Waals surface area contributed by atoms with Crippen LogP contribution in [0.15, 0.2) is 40.9 Å². The number of hydrogen-bond donors (Lipinski definition) is 0. The minimum Gasteiger partial charge on any atom is -0.299 e. The van der Waals surface area contributed by atoms with E-state index in [1.165, 1.54) is 11.3 Å². The molecular weight excluding hydrogens is 320 g/mol. The quantitative estimate of drug-likeness (QED) is 0.806. The third-order valence-corrected chi connectivity index (χ3v) is 4.07. The molecule has 1 heterocycles. The summed E-state index contributed by atoms with van der Waals surface area (Å²) in [5.74, 6) is 0.214. The Kier molecular flexibility index (Phi) is 4.37. The van der Waals surface area contributed by atoms with Gasteiger partial charge in [-0.2, -0.15) is 0 Å². The molecular formula is C13H10BrClOS. The van der Waals surface area contributed by atoms with Crippen molar-refractivity contribution in [2.24, 2.45) is 0 Å². The Hall–Kier alpha value is -0.640. The molecule has 0 bridgehead atoms. The van der Waals surface area contributed by atoms with Crippen LogP contribution < -0.4 is 0 Å². The standard InChI is InChI=1S/C13H10BrClOS/c14-10-3-1-9(2-4-10)7-11(16)8-12-5-6-13(15)17-12/h1-6H,7-8H2. The number of carbonyl (C=O) groups excluding carboxylic acids is 1. The lowest BCUT2D eigenvalue weighted by atomic mass is 10.1. The smallest absolute Gasteiger partial charge is 0.142 e. The molecule has 0 atom stereocenters. The Morgan fingerprint density at radius 2 is 1.82 bits per heavy atom. The van der Waals surface area contributed by atoms with Gasteiger partial charge in [-0.15, -0.1) is 11.3 Å². The highest BCUT2D eigenvalue weighted by atomic mass is 79.9. The number of benzene rings is 1. The summed E-state index contributed by atoms with van der Waals surface area (Å²) in [6.45, 7) is 0. The summed E-state index contributed by atoms with van der Waals surface area (Å²) in [6.07, 6.45) is 0.941. The second-order valence-electron chi connectivity index (χ2n) is 3.72. The fourth-order valence-electron chi connectivity index (χ4n) is 1.53. The molecule has 1 aromatic heterocycles. The van der Waals surface area contributed by atoms with Gasteiger partial charge in [0.25, 0.3) is 0 Å². The van der Waals surface area contributed by atoms with Crippen LogP contribution in [0, 0.1) is 0 Å². The molecule has 0 saturated heterocycles. The van der Waals surface area contributed by atoms with Gasteiger partial charge in [0.2, 0.25) is 0 Å². The molecule has 0 fully saturated rings. The van der Waals surface area contributed by atoms with Gasteiger partial charge in [-0.05, 0) is 29.8 Å². The third kappa shape index (κ3) is 3.95. The molecule has 0 aliphatic rings. The van der Waals surface area contributed by atoms with E-state index in [1.807, 2.05) is 36.4 Å². The first-order chi connectivity index (χ1) is 8.13. The highest BCUT2D eigenvalue weighted by Gasteiger charge is 2.07. The van der Waals surface area contributed by atoms with Gasteiger partial charge in [-0.25, -0.2) is 0 Å². The van der Waals surface area contributed by atoms with Crippen molar-refractivity contribution < 1.29 is 4.79 Å². The Balaban J connectivity index is 1.95. The van der Waals surface area contributed by atoms with Crippen molar-refractivity contribution in [1.82, 2.24) is 0 Å². The van der Waals surface area contributed by atoms with Crippen LogP contribution in [0.3, 0.4) is 0 Å². The van der Waals surface area contributed by atoms with Crippen molar-refractivity contribution in [2.45, 2.75) is 12.8 Å². The summed E-state index contributed by atoms with van der Waals surface area (Å²) in [5, 5.41) is 0. The van der Waals surface area contributed by atoms with Crippen LogP contribution in [0.2, 0.25) is 4.34 Å². The normalized spacial score (nSPS) is 10.5. The van der Waals surface area contributed by atoms with Gasteiger partial charge >= 0.3 is 0 Å².